The van der Waals surface area contributed by atoms with Gasteiger partial charge in [-0.05, 0) is 19.1 Å². The van der Waals surface area contributed by atoms with Crippen LogP contribution >= 0.6 is 0 Å². The van der Waals surface area contributed by atoms with Gasteiger partial charge in [-0.25, -0.2) is 4.79 Å². The zero-order chi connectivity index (χ0) is 16.1. The summed E-state index contributed by atoms with van der Waals surface area (Å²) in [5.41, 5.74) is 0.397. The van der Waals surface area contributed by atoms with E-state index < -0.39 is 30.1 Å². The average molecular weight is 308 g/mol. The summed E-state index contributed by atoms with van der Waals surface area (Å²) >= 11 is 0. The monoisotopic (exact) mass is 308 g/mol. The average Bonchev–Trinajstić information content (AvgIpc) is 2.86. The number of amides is 2. The molecule has 0 saturated carbocycles. The minimum Gasteiger partial charge on any atom is -0.478 e. The standard InChI is InChI=1S/C14H16N2O6/c1-2-21-13(14(19)20)16-12(18)10(8-22-16)15-11(17)9-6-4-3-5-7-9/h3-7,10,13H,2,8H2,1H3,(H,15,17)(H,19,20)/t10-,13?/m0/s1. The number of nitrogens with one attached hydrogen (secondary N) is 1. The van der Waals surface area contributed by atoms with Crippen LogP contribution in [0.5, 0.6) is 0 Å². The van der Waals surface area contributed by atoms with Gasteiger partial charge in [-0.15, -0.1) is 0 Å². The number of ether oxygens (including phenoxy) is 1. The molecule has 1 aliphatic rings. The van der Waals surface area contributed by atoms with Crippen LogP contribution < -0.4 is 5.32 Å². The maximum absolute atomic E-state index is 12.1. The van der Waals surface area contributed by atoms with Crippen LogP contribution in [0.15, 0.2) is 30.3 Å². The Kier molecular flexibility index (Phi) is 5.08. The van der Waals surface area contributed by atoms with Gasteiger partial charge >= 0.3 is 5.97 Å². The first kappa shape index (κ1) is 15.9. The maximum atomic E-state index is 12.1. The van der Waals surface area contributed by atoms with Gasteiger partial charge in [0.1, 0.15) is 12.6 Å². The SMILES string of the molecule is CCOC(C(=O)O)N1OC[C@H](NC(=O)c2ccccc2)C1=O. The van der Waals surface area contributed by atoms with Crippen molar-refractivity contribution in [2.45, 2.75) is 19.2 Å². The molecular formula is C14H16N2O6. The van der Waals surface area contributed by atoms with Crippen molar-refractivity contribution in [1.29, 1.82) is 0 Å². The van der Waals surface area contributed by atoms with Crippen LogP contribution in [0.3, 0.4) is 0 Å². The summed E-state index contributed by atoms with van der Waals surface area (Å²) in [6.07, 6.45) is -1.53. The highest BCUT2D eigenvalue weighted by molar-refractivity contribution is 5.98. The molecule has 2 atom stereocenters. The molecule has 1 aromatic rings. The number of carbonyl (C=O) groups excluding carboxylic acids is 2. The van der Waals surface area contributed by atoms with E-state index in [0.717, 1.165) is 0 Å². The number of hydroxylamine groups is 2. The van der Waals surface area contributed by atoms with Crippen LogP contribution in [-0.4, -0.2) is 53.4 Å². The van der Waals surface area contributed by atoms with E-state index in [1.807, 2.05) is 0 Å². The van der Waals surface area contributed by atoms with Crippen LogP contribution in [0.2, 0.25) is 0 Å². The lowest BCUT2D eigenvalue weighted by atomic mass is 10.2. The van der Waals surface area contributed by atoms with E-state index in [1.165, 1.54) is 0 Å². The molecule has 1 fully saturated rings. The number of aliphatic carboxylic acids is 1. The fraction of sp³-hybridized carbons (Fsp3) is 0.357. The second kappa shape index (κ2) is 7.01. The lowest BCUT2D eigenvalue weighted by Gasteiger charge is -2.21. The van der Waals surface area contributed by atoms with Gasteiger partial charge in [0.15, 0.2) is 0 Å². The Morgan fingerprint density at radius 2 is 2.14 bits per heavy atom. The first-order valence-corrected chi connectivity index (χ1v) is 6.71. The molecule has 2 rings (SSSR count). The smallest absolute Gasteiger partial charge is 0.356 e. The Bertz CT molecular complexity index is 562. The van der Waals surface area contributed by atoms with Crippen LogP contribution in [0.1, 0.15) is 17.3 Å². The molecule has 0 radical (unpaired) electrons. The maximum Gasteiger partial charge on any atom is 0.356 e. The summed E-state index contributed by atoms with van der Waals surface area (Å²) in [5.74, 6) is -2.44. The molecule has 8 heteroatoms. The minimum atomic E-state index is -1.53. The molecule has 118 valence electrons. The fourth-order valence-electron chi connectivity index (χ4n) is 1.96. The van der Waals surface area contributed by atoms with E-state index in [9.17, 15) is 14.4 Å². The number of rotatable bonds is 6. The number of hydrogen-bond donors (Lipinski definition) is 2. The van der Waals surface area contributed by atoms with Crippen molar-refractivity contribution < 1.29 is 29.1 Å². The molecule has 8 nitrogen and oxygen atoms in total. The number of carboxylic acids is 1. The van der Waals surface area contributed by atoms with Crippen molar-refractivity contribution in [3.63, 3.8) is 0 Å². The van der Waals surface area contributed by atoms with E-state index in [2.05, 4.69) is 5.32 Å². The molecule has 1 heterocycles. The van der Waals surface area contributed by atoms with Gasteiger partial charge < -0.3 is 15.2 Å². The molecule has 1 aliphatic heterocycles. The summed E-state index contributed by atoms with van der Waals surface area (Å²) in [7, 11) is 0. The third-order valence-electron chi connectivity index (χ3n) is 2.99. The lowest BCUT2D eigenvalue weighted by Crippen LogP contribution is -2.48. The van der Waals surface area contributed by atoms with E-state index in [1.54, 1.807) is 37.3 Å². The number of hydrogen-bond acceptors (Lipinski definition) is 5. The number of benzene rings is 1. The molecule has 1 unspecified atom stereocenters. The van der Waals surface area contributed by atoms with Crippen molar-refractivity contribution in [3.05, 3.63) is 35.9 Å². The van der Waals surface area contributed by atoms with E-state index >= 15 is 0 Å². The molecule has 1 saturated heterocycles. The first-order chi connectivity index (χ1) is 10.5. The Morgan fingerprint density at radius 3 is 2.73 bits per heavy atom. The largest absolute Gasteiger partial charge is 0.478 e. The molecule has 0 bridgehead atoms. The molecular weight excluding hydrogens is 292 g/mol. The van der Waals surface area contributed by atoms with Crippen LogP contribution in [0.4, 0.5) is 0 Å². The van der Waals surface area contributed by atoms with Crippen molar-refractivity contribution in [2.24, 2.45) is 0 Å². The van der Waals surface area contributed by atoms with Crippen LogP contribution in [-0.2, 0) is 19.2 Å². The Morgan fingerprint density at radius 1 is 1.45 bits per heavy atom. The molecule has 0 spiro atoms. The molecule has 0 aromatic heterocycles. The Hall–Kier alpha value is -2.45. The summed E-state index contributed by atoms with van der Waals surface area (Å²) in [6, 6.07) is 7.42. The summed E-state index contributed by atoms with van der Waals surface area (Å²) in [6.45, 7) is 1.56. The number of nitrogens with zero attached hydrogens (tertiary/aromatic N) is 1. The van der Waals surface area contributed by atoms with Crippen molar-refractivity contribution in [1.82, 2.24) is 10.4 Å². The van der Waals surface area contributed by atoms with Crippen LogP contribution in [0.25, 0.3) is 0 Å². The first-order valence-electron chi connectivity index (χ1n) is 6.71. The summed E-state index contributed by atoms with van der Waals surface area (Å²) in [5, 5.41) is 12.2. The van der Waals surface area contributed by atoms with Gasteiger partial charge in [0.05, 0.1) is 0 Å². The number of carbonyl (C=O) groups is 3. The molecule has 2 amide bonds. The van der Waals surface area contributed by atoms with Crippen molar-refractivity contribution in [2.75, 3.05) is 13.2 Å². The third-order valence-corrected chi connectivity index (χ3v) is 2.99. The van der Waals surface area contributed by atoms with Gasteiger partial charge in [0, 0.05) is 12.2 Å². The zero-order valence-corrected chi connectivity index (χ0v) is 11.9. The van der Waals surface area contributed by atoms with Crippen molar-refractivity contribution in [3.8, 4) is 0 Å². The van der Waals surface area contributed by atoms with Gasteiger partial charge in [0.25, 0.3) is 18.0 Å². The predicted octanol–water partition coefficient (Wildman–Crippen LogP) is 0.00600. The molecule has 22 heavy (non-hydrogen) atoms. The van der Waals surface area contributed by atoms with E-state index in [-0.39, 0.29) is 13.2 Å². The van der Waals surface area contributed by atoms with Crippen molar-refractivity contribution >= 4 is 17.8 Å². The molecule has 2 N–H and O–H groups in total. The topological polar surface area (TPSA) is 105 Å². The summed E-state index contributed by atoms with van der Waals surface area (Å²) in [4.78, 5) is 40.3. The van der Waals surface area contributed by atoms with E-state index in [0.29, 0.717) is 10.6 Å². The predicted molar refractivity (Wildman–Crippen MR) is 73.5 cm³/mol. The molecule has 1 aromatic carbocycles. The molecule has 0 aliphatic carbocycles. The highest BCUT2D eigenvalue weighted by Gasteiger charge is 2.42. The fourth-order valence-corrected chi connectivity index (χ4v) is 1.96. The van der Waals surface area contributed by atoms with Gasteiger partial charge in [-0.2, -0.15) is 5.06 Å². The quantitative estimate of drug-likeness (QED) is 0.767. The minimum absolute atomic E-state index is 0.102. The van der Waals surface area contributed by atoms with Crippen LogP contribution in [0, 0.1) is 0 Å². The lowest BCUT2D eigenvalue weighted by molar-refractivity contribution is -0.227. The third kappa shape index (κ3) is 3.41. The number of carboxylic acid groups (broad SMARTS) is 1. The van der Waals surface area contributed by atoms with Gasteiger partial charge in [0.2, 0.25) is 0 Å². The zero-order valence-electron chi connectivity index (χ0n) is 11.9. The Balaban J connectivity index is 2.02. The van der Waals surface area contributed by atoms with Gasteiger partial charge in [-0.3, -0.25) is 14.4 Å². The second-order valence-electron chi connectivity index (χ2n) is 4.50. The highest BCUT2D eigenvalue weighted by atomic mass is 16.7. The van der Waals surface area contributed by atoms with E-state index in [4.69, 9.17) is 14.7 Å². The summed E-state index contributed by atoms with van der Waals surface area (Å²) < 4.78 is 4.96. The highest BCUT2D eigenvalue weighted by Crippen LogP contribution is 2.14. The normalized spacial score (nSPS) is 19.0. The van der Waals surface area contributed by atoms with Gasteiger partial charge in [-0.1, -0.05) is 18.2 Å². The Labute approximate surface area is 126 Å². The second-order valence-corrected chi connectivity index (χ2v) is 4.50.